The normalized spacial score (nSPS) is 10.6. The van der Waals surface area contributed by atoms with Crippen LogP contribution in [0, 0.1) is 0 Å². The summed E-state index contributed by atoms with van der Waals surface area (Å²) in [6.07, 6.45) is 0.872. The van der Waals surface area contributed by atoms with E-state index in [2.05, 4.69) is 27.2 Å². The van der Waals surface area contributed by atoms with Crippen LogP contribution < -0.4 is 11.1 Å². The highest BCUT2D eigenvalue weighted by atomic mass is 32.2. The molecule has 0 bridgehead atoms. The van der Waals surface area contributed by atoms with Gasteiger partial charge in [-0.1, -0.05) is 31.2 Å². The summed E-state index contributed by atoms with van der Waals surface area (Å²) in [5, 5.41) is 5.17. The summed E-state index contributed by atoms with van der Waals surface area (Å²) in [6, 6.07) is 11.9. The van der Waals surface area contributed by atoms with Crippen LogP contribution in [0.5, 0.6) is 0 Å². The maximum Gasteiger partial charge on any atom is 0.316 e. The van der Waals surface area contributed by atoms with Crippen molar-refractivity contribution in [3.63, 3.8) is 0 Å². The minimum atomic E-state index is -0.314. The number of para-hydroxylation sites is 1. The minimum Gasteiger partial charge on any atom is -0.457 e. The summed E-state index contributed by atoms with van der Waals surface area (Å²) in [5.41, 5.74) is 7.82. The third-order valence-electron chi connectivity index (χ3n) is 3.75. The van der Waals surface area contributed by atoms with Gasteiger partial charge in [-0.25, -0.2) is 0 Å². The molecule has 0 atom stereocenters. The van der Waals surface area contributed by atoms with Crippen LogP contribution in [0.3, 0.4) is 0 Å². The number of nitrogen functional groups attached to an aromatic ring is 1. The molecule has 0 radical (unpaired) electrons. The zero-order valence-electron chi connectivity index (χ0n) is 15.4. The Hall–Kier alpha value is -2.65. The Morgan fingerprint density at radius 3 is 2.86 bits per heavy atom. The van der Waals surface area contributed by atoms with Crippen molar-refractivity contribution >= 4 is 46.7 Å². The standard InChI is InChI=1S/C19H21N5O2S2/c1-2-13-6-3-4-8-15(13)21-19-23-16(22-18(20)24-19)10-26-17(25)12-27-11-14-7-5-9-28-14/h3-9H,2,10-12H2,1H3,(H3,20,21,22,23,24). The van der Waals surface area contributed by atoms with Crippen molar-refractivity contribution in [3.8, 4) is 0 Å². The first kappa shape index (κ1) is 20.1. The number of nitrogens with one attached hydrogen (secondary N) is 1. The van der Waals surface area contributed by atoms with Crippen molar-refractivity contribution in [2.24, 2.45) is 0 Å². The Morgan fingerprint density at radius 2 is 2.07 bits per heavy atom. The molecule has 0 aliphatic heterocycles. The van der Waals surface area contributed by atoms with Crippen LogP contribution in [0.25, 0.3) is 0 Å². The van der Waals surface area contributed by atoms with Crippen molar-refractivity contribution in [2.75, 3.05) is 16.8 Å². The lowest BCUT2D eigenvalue weighted by molar-refractivity contribution is -0.141. The van der Waals surface area contributed by atoms with Crippen LogP contribution >= 0.6 is 23.1 Å². The number of aryl methyl sites for hydroxylation is 1. The highest BCUT2D eigenvalue weighted by molar-refractivity contribution is 7.99. The molecule has 0 aliphatic carbocycles. The largest absolute Gasteiger partial charge is 0.457 e. The van der Waals surface area contributed by atoms with E-state index in [-0.39, 0.29) is 24.3 Å². The first-order valence-electron chi connectivity index (χ1n) is 8.75. The maximum absolute atomic E-state index is 11.9. The van der Waals surface area contributed by atoms with Gasteiger partial charge in [-0.05, 0) is 29.5 Å². The van der Waals surface area contributed by atoms with Crippen molar-refractivity contribution in [1.29, 1.82) is 0 Å². The summed E-state index contributed by atoms with van der Waals surface area (Å²) in [4.78, 5) is 25.6. The van der Waals surface area contributed by atoms with Crippen LogP contribution in [-0.4, -0.2) is 26.7 Å². The molecule has 3 aromatic rings. The van der Waals surface area contributed by atoms with Crippen molar-refractivity contribution < 1.29 is 9.53 Å². The lowest BCUT2D eigenvalue weighted by Crippen LogP contribution is -2.12. The zero-order valence-corrected chi connectivity index (χ0v) is 17.1. The average molecular weight is 416 g/mol. The molecule has 3 rings (SSSR count). The Morgan fingerprint density at radius 1 is 1.21 bits per heavy atom. The van der Waals surface area contributed by atoms with E-state index in [1.165, 1.54) is 16.6 Å². The predicted molar refractivity (Wildman–Crippen MR) is 114 cm³/mol. The molecule has 0 unspecified atom stereocenters. The Bertz CT molecular complexity index is 918. The van der Waals surface area contributed by atoms with Crippen LogP contribution in [0.4, 0.5) is 17.6 Å². The molecule has 2 aromatic heterocycles. The second-order valence-corrected chi connectivity index (χ2v) is 7.82. The summed E-state index contributed by atoms with van der Waals surface area (Å²) in [7, 11) is 0. The van der Waals surface area contributed by atoms with E-state index in [1.54, 1.807) is 11.3 Å². The van der Waals surface area contributed by atoms with Crippen LogP contribution in [0.15, 0.2) is 41.8 Å². The molecular formula is C19H21N5O2S2. The molecule has 0 spiro atoms. The molecule has 146 valence electrons. The van der Waals surface area contributed by atoms with Gasteiger partial charge < -0.3 is 15.8 Å². The van der Waals surface area contributed by atoms with E-state index >= 15 is 0 Å². The number of ether oxygens (including phenoxy) is 1. The second-order valence-electron chi connectivity index (χ2n) is 5.80. The Kier molecular flexibility index (Phi) is 7.21. The van der Waals surface area contributed by atoms with E-state index in [1.807, 2.05) is 41.8 Å². The second kappa shape index (κ2) is 10.0. The van der Waals surface area contributed by atoms with E-state index in [4.69, 9.17) is 10.5 Å². The van der Waals surface area contributed by atoms with Crippen LogP contribution in [0.1, 0.15) is 23.2 Å². The molecule has 3 N–H and O–H groups in total. The molecule has 0 aliphatic rings. The van der Waals surface area contributed by atoms with E-state index < -0.39 is 0 Å². The number of anilines is 3. The fourth-order valence-electron chi connectivity index (χ4n) is 2.45. The van der Waals surface area contributed by atoms with Gasteiger partial charge in [0.1, 0.15) is 0 Å². The predicted octanol–water partition coefficient (Wildman–Crippen LogP) is 3.80. The number of nitrogens with zero attached hydrogens (tertiary/aromatic N) is 3. The van der Waals surface area contributed by atoms with Crippen molar-refractivity contribution in [2.45, 2.75) is 25.7 Å². The van der Waals surface area contributed by atoms with Crippen LogP contribution in [-0.2, 0) is 28.3 Å². The highest BCUT2D eigenvalue weighted by Gasteiger charge is 2.10. The number of carbonyl (C=O) groups is 1. The quantitative estimate of drug-likeness (QED) is 0.509. The van der Waals surface area contributed by atoms with E-state index in [9.17, 15) is 4.79 Å². The van der Waals surface area contributed by atoms with Gasteiger partial charge in [-0.3, -0.25) is 4.79 Å². The monoisotopic (exact) mass is 415 g/mol. The highest BCUT2D eigenvalue weighted by Crippen LogP contribution is 2.20. The third kappa shape index (κ3) is 5.93. The van der Waals surface area contributed by atoms with Gasteiger partial charge in [0.2, 0.25) is 11.9 Å². The Labute approximate surface area is 171 Å². The van der Waals surface area contributed by atoms with E-state index in [0.29, 0.717) is 11.8 Å². The van der Waals surface area contributed by atoms with Crippen LogP contribution in [0.2, 0.25) is 0 Å². The van der Waals surface area contributed by atoms with E-state index in [0.717, 1.165) is 23.4 Å². The first-order chi connectivity index (χ1) is 13.6. The number of nitrogens with two attached hydrogens (primary N) is 1. The molecular weight excluding hydrogens is 394 g/mol. The number of carbonyl (C=O) groups excluding carboxylic acids is 1. The van der Waals surface area contributed by atoms with Gasteiger partial charge in [-0.15, -0.1) is 23.1 Å². The molecule has 1 aromatic carbocycles. The molecule has 0 saturated heterocycles. The van der Waals surface area contributed by atoms with Gasteiger partial charge in [-0.2, -0.15) is 15.0 Å². The molecule has 28 heavy (non-hydrogen) atoms. The fraction of sp³-hybridized carbons (Fsp3) is 0.263. The van der Waals surface area contributed by atoms with Crippen molar-refractivity contribution in [3.05, 3.63) is 58.0 Å². The molecule has 2 heterocycles. The molecule has 7 nitrogen and oxygen atoms in total. The third-order valence-corrected chi connectivity index (χ3v) is 5.76. The first-order valence-corrected chi connectivity index (χ1v) is 10.8. The summed E-state index contributed by atoms with van der Waals surface area (Å²) < 4.78 is 5.26. The topological polar surface area (TPSA) is 103 Å². The van der Waals surface area contributed by atoms with Gasteiger partial charge in [0.15, 0.2) is 12.4 Å². The minimum absolute atomic E-state index is 0.0464. The SMILES string of the molecule is CCc1ccccc1Nc1nc(N)nc(COC(=O)CSCc2cccs2)n1. The lowest BCUT2D eigenvalue weighted by Gasteiger charge is -2.10. The number of rotatable bonds is 9. The smallest absolute Gasteiger partial charge is 0.316 e. The zero-order chi connectivity index (χ0) is 19.8. The number of esters is 1. The number of thioether (sulfide) groups is 1. The maximum atomic E-state index is 11.9. The van der Waals surface area contributed by atoms with Crippen molar-refractivity contribution in [1.82, 2.24) is 15.0 Å². The Balaban J connectivity index is 1.54. The fourth-order valence-corrected chi connectivity index (χ4v) is 4.11. The summed E-state index contributed by atoms with van der Waals surface area (Å²) in [5.74, 6) is 1.45. The lowest BCUT2D eigenvalue weighted by atomic mass is 10.1. The number of benzene rings is 1. The number of thiophene rings is 1. The molecule has 9 heteroatoms. The molecule has 0 amide bonds. The molecule has 0 saturated carbocycles. The number of hydrogen-bond acceptors (Lipinski definition) is 9. The van der Waals surface area contributed by atoms with Gasteiger partial charge >= 0.3 is 5.97 Å². The van der Waals surface area contributed by atoms with Gasteiger partial charge in [0.25, 0.3) is 0 Å². The summed E-state index contributed by atoms with van der Waals surface area (Å²) in [6.45, 7) is 2.03. The van der Waals surface area contributed by atoms with Gasteiger partial charge in [0.05, 0.1) is 5.75 Å². The molecule has 0 fully saturated rings. The number of hydrogen-bond donors (Lipinski definition) is 2. The van der Waals surface area contributed by atoms with Gasteiger partial charge in [0, 0.05) is 16.3 Å². The average Bonchev–Trinajstić information content (AvgIpc) is 3.20. The summed E-state index contributed by atoms with van der Waals surface area (Å²) >= 11 is 3.18. The number of aromatic nitrogens is 3.